The number of rotatable bonds is 7. The minimum atomic E-state index is -0.737. The number of fused-ring (bicyclic) bond motifs is 1. The molecule has 0 aliphatic rings. The van der Waals surface area contributed by atoms with Crippen molar-refractivity contribution in [1.82, 2.24) is 24.9 Å². The van der Waals surface area contributed by atoms with Gasteiger partial charge in [-0.2, -0.15) is 10.4 Å². The number of methoxy groups -OCH3 is 1. The average Bonchev–Trinajstić information content (AvgIpc) is 3.14. The fourth-order valence-corrected chi connectivity index (χ4v) is 2.65. The number of aromatic nitrogens is 4. The van der Waals surface area contributed by atoms with Crippen molar-refractivity contribution in [3.05, 3.63) is 48.4 Å². The summed E-state index contributed by atoms with van der Waals surface area (Å²) in [5.41, 5.74) is 2.04. The Morgan fingerprint density at radius 2 is 2.17 bits per heavy atom. The van der Waals surface area contributed by atoms with E-state index >= 15 is 0 Å². The first kappa shape index (κ1) is 20.8. The zero-order chi connectivity index (χ0) is 21.9. The Bertz CT molecular complexity index is 1160. The summed E-state index contributed by atoms with van der Waals surface area (Å²) in [4.78, 5) is 21.0. The molecular weight excluding hydrogens is 382 g/mol. The van der Waals surface area contributed by atoms with E-state index in [-0.39, 0.29) is 11.8 Å². The van der Waals surface area contributed by atoms with Crippen LogP contribution in [0.5, 0.6) is 5.88 Å². The molecule has 0 radical (unpaired) electrons. The van der Waals surface area contributed by atoms with Crippen molar-refractivity contribution in [1.29, 1.82) is 5.26 Å². The van der Waals surface area contributed by atoms with Gasteiger partial charge in [0.05, 0.1) is 30.5 Å². The number of amides is 1. The molecule has 154 valence electrons. The molecule has 3 heterocycles. The standard InChI is InChI=1S/C21H23N7O2/c1-6-23-19(29)15-9-14(10-24-20(15)30-5)16-7-8-18-26-17(11-28(18)27-16)25-13(2)21(3,4)12-22/h7-11,25H,2,6H2,1,3-5H3,(H,23,29). The molecule has 0 atom stereocenters. The third-order valence-corrected chi connectivity index (χ3v) is 4.56. The van der Waals surface area contributed by atoms with E-state index in [1.54, 1.807) is 42.9 Å². The molecule has 30 heavy (non-hydrogen) atoms. The number of nitrogens with one attached hydrogen (secondary N) is 2. The van der Waals surface area contributed by atoms with Gasteiger partial charge in [0, 0.05) is 24.0 Å². The molecule has 2 N–H and O–H groups in total. The molecule has 0 saturated heterocycles. The van der Waals surface area contributed by atoms with E-state index in [2.05, 4.69) is 38.3 Å². The van der Waals surface area contributed by atoms with Crippen LogP contribution in [-0.4, -0.2) is 39.1 Å². The summed E-state index contributed by atoms with van der Waals surface area (Å²) in [6.45, 7) is 9.81. The van der Waals surface area contributed by atoms with Crippen LogP contribution in [-0.2, 0) is 0 Å². The molecule has 0 aromatic carbocycles. The molecule has 3 aromatic rings. The molecule has 0 aliphatic heterocycles. The largest absolute Gasteiger partial charge is 0.480 e. The van der Waals surface area contributed by atoms with Gasteiger partial charge in [-0.05, 0) is 39.0 Å². The number of pyridine rings is 1. The number of allylic oxidation sites excluding steroid dienone is 1. The summed E-state index contributed by atoms with van der Waals surface area (Å²) < 4.78 is 6.82. The topological polar surface area (TPSA) is 117 Å². The van der Waals surface area contributed by atoms with Gasteiger partial charge in [-0.15, -0.1) is 0 Å². The van der Waals surface area contributed by atoms with Gasteiger partial charge in [-0.3, -0.25) is 4.79 Å². The van der Waals surface area contributed by atoms with Crippen molar-refractivity contribution >= 4 is 17.4 Å². The first-order chi connectivity index (χ1) is 14.3. The summed E-state index contributed by atoms with van der Waals surface area (Å²) in [6.07, 6.45) is 3.31. The van der Waals surface area contributed by atoms with Crippen molar-refractivity contribution < 1.29 is 9.53 Å². The number of nitriles is 1. The van der Waals surface area contributed by atoms with E-state index in [1.165, 1.54) is 7.11 Å². The van der Waals surface area contributed by atoms with Crippen LogP contribution in [0.4, 0.5) is 5.82 Å². The number of imidazole rings is 1. The second kappa shape index (κ2) is 8.21. The van der Waals surface area contributed by atoms with Crippen molar-refractivity contribution in [2.75, 3.05) is 19.0 Å². The molecule has 0 unspecified atom stereocenters. The molecule has 3 aromatic heterocycles. The highest BCUT2D eigenvalue weighted by Crippen LogP contribution is 2.26. The summed E-state index contributed by atoms with van der Waals surface area (Å²) in [7, 11) is 1.47. The van der Waals surface area contributed by atoms with Gasteiger partial charge in [0.15, 0.2) is 11.5 Å². The van der Waals surface area contributed by atoms with Crippen molar-refractivity contribution in [3.63, 3.8) is 0 Å². The zero-order valence-electron chi connectivity index (χ0n) is 17.4. The Morgan fingerprint density at radius 1 is 1.40 bits per heavy atom. The summed E-state index contributed by atoms with van der Waals surface area (Å²) in [6, 6.07) is 7.49. The lowest BCUT2D eigenvalue weighted by Crippen LogP contribution is -2.23. The molecule has 9 nitrogen and oxygen atoms in total. The lowest BCUT2D eigenvalue weighted by molar-refractivity contribution is 0.0952. The lowest BCUT2D eigenvalue weighted by Gasteiger charge is -2.18. The summed E-state index contributed by atoms with van der Waals surface area (Å²) >= 11 is 0. The fourth-order valence-electron chi connectivity index (χ4n) is 2.65. The van der Waals surface area contributed by atoms with Crippen LogP contribution in [0.1, 0.15) is 31.1 Å². The third-order valence-electron chi connectivity index (χ3n) is 4.56. The summed E-state index contributed by atoms with van der Waals surface area (Å²) in [5.74, 6) is 0.514. The van der Waals surface area contributed by atoms with E-state index in [9.17, 15) is 10.1 Å². The maximum Gasteiger partial charge on any atom is 0.256 e. The number of nitrogens with zero attached hydrogens (tertiary/aromatic N) is 5. The molecular formula is C21H23N7O2. The Morgan fingerprint density at radius 3 is 2.83 bits per heavy atom. The Hall–Kier alpha value is -3.93. The van der Waals surface area contributed by atoms with Gasteiger partial charge in [0.25, 0.3) is 5.91 Å². The van der Waals surface area contributed by atoms with Gasteiger partial charge >= 0.3 is 0 Å². The maximum absolute atomic E-state index is 12.3. The highest BCUT2D eigenvalue weighted by atomic mass is 16.5. The molecule has 0 fully saturated rings. The molecule has 0 saturated carbocycles. The van der Waals surface area contributed by atoms with E-state index < -0.39 is 5.41 Å². The molecule has 9 heteroatoms. The van der Waals surface area contributed by atoms with Crippen LogP contribution in [0.3, 0.4) is 0 Å². The normalized spacial score (nSPS) is 11.0. The Balaban J connectivity index is 1.94. The predicted octanol–water partition coefficient (Wildman–Crippen LogP) is 3.02. The van der Waals surface area contributed by atoms with Gasteiger partial charge in [-0.25, -0.2) is 14.5 Å². The van der Waals surface area contributed by atoms with Gasteiger partial charge < -0.3 is 15.4 Å². The number of carbonyl (C=O) groups excluding carboxylic acids is 1. The monoisotopic (exact) mass is 405 g/mol. The van der Waals surface area contributed by atoms with Crippen molar-refractivity contribution in [3.8, 4) is 23.2 Å². The first-order valence-electron chi connectivity index (χ1n) is 9.35. The SMILES string of the molecule is C=C(Nc1cn2nc(-c3cnc(OC)c(C(=O)NCC)c3)ccc2n1)C(C)(C)C#N. The Labute approximate surface area is 174 Å². The second-order valence-corrected chi connectivity index (χ2v) is 7.13. The van der Waals surface area contributed by atoms with Crippen molar-refractivity contribution in [2.24, 2.45) is 5.41 Å². The predicted molar refractivity (Wildman–Crippen MR) is 113 cm³/mol. The Kier molecular flexibility index (Phi) is 5.69. The van der Waals surface area contributed by atoms with E-state index in [1.807, 2.05) is 13.0 Å². The number of hydrogen-bond acceptors (Lipinski definition) is 7. The first-order valence-corrected chi connectivity index (χ1v) is 9.35. The van der Waals surface area contributed by atoms with Gasteiger partial charge in [0.1, 0.15) is 5.56 Å². The molecule has 1 amide bonds. The van der Waals surface area contributed by atoms with Crippen molar-refractivity contribution in [2.45, 2.75) is 20.8 Å². The fraction of sp³-hybridized carbons (Fsp3) is 0.286. The molecule has 3 rings (SSSR count). The molecule has 0 spiro atoms. The number of hydrogen-bond donors (Lipinski definition) is 2. The highest BCUT2D eigenvalue weighted by Gasteiger charge is 2.22. The molecule has 0 bridgehead atoms. The van der Waals surface area contributed by atoms with Crippen LogP contribution in [0.25, 0.3) is 16.9 Å². The number of carbonyl (C=O) groups is 1. The minimum Gasteiger partial charge on any atom is -0.480 e. The number of anilines is 1. The average molecular weight is 405 g/mol. The van der Waals surface area contributed by atoms with Gasteiger partial charge in [-0.1, -0.05) is 6.58 Å². The van der Waals surface area contributed by atoms with E-state index in [0.717, 1.165) is 0 Å². The highest BCUT2D eigenvalue weighted by molar-refractivity contribution is 5.97. The molecule has 0 aliphatic carbocycles. The maximum atomic E-state index is 12.3. The number of ether oxygens (including phenoxy) is 1. The quantitative estimate of drug-likeness (QED) is 0.620. The second-order valence-electron chi connectivity index (χ2n) is 7.13. The van der Waals surface area contributed by atoms with Crippen LogP contribution in [0.15, 0.2) is 42.9 Å². The minimum absolute atomic E-state index is 0.249. The van der Waals surface area contributed by atoms with E-state index in [4.69, 9.17) is 4.74 Å². The summed E-state index contributed by atoms with van der Waals surface area (Å²) in [5, 5.41) is 19.6. The van der Waals surface area contributed by atoms with Crippen LogP contribution < -0.4 is 15.4 Å². The van der Waals surface area contributed by atoms with Crippen LogP contribution in [0.2, 0.25) is 0 Å². The van der Waals surface area contributed by atoms with Crippen LogP contribution >= 0.6 is 0 Å². The lowest BCUT2D eigenvalue weighted by atomic mass is 9.92. The zero-order valence-corrected chi connectivity index (χ0v) is 17.4. The van der Waals surface area contributed by atoms with Gasteiger partial charge in [0.2, 0.25) is 5.88 Å². The third kappa shape index (κ3) is 4.07. The van der Waals surface area contributed by atoms with E-state index in [0.29, 0.717) is 40.5 Å². The van der Waals surface area contributed by atoms with Crippen LogP contribution in [0, 0.1) is 16.7 Å². The smallest absolute Gasteiger partial charge is 0.256 e.